The second-order valence-corrected chi connectivity index (χ2v) is 4.85. The molecule has 1 saturated heterocycles. The molecule has 0 aromatic carbocycles. The first-order chi connectivity index (χ1) is 10.8. The van der Waals surface area contributed by atoms with Crippen LogP contribution in [0.15, 0.2) is 6.20 Å². The summed E-state index contributed by atoms with van der Waals surface area (Å²) in [6, 6.07) is 0. The van der Waals surface area contributed by atoms with Gasteiger partial charge in [0.2, 0.25) is 0 Å². The molecule has 1 fully saturated rings. The first-order valence-electron chi connectivity index (χ1n) is 6.63. The highest BCUT2D eigenvalue weighted by Crippen LogP contribution is 2.37. The second kappa shape index (κ2) is 6.71. The van der Waals surface area contributed by atoms with Crippen molar-refractivity contribution in [1.82, 2.24) is 9.97 Å². The molecule has 126 valence electrons. The van der Waals surface area contributed by atoms with E-state index in [4.69, 9.17) is 14.2 Å². The molecule has 4 atom stereocenters. The molecule has 1 aliphatic rings. The van der Waals surface area contributed by atoms with E-state index in [1.54, 1.807) is 0 Å². The molecule has 11 nitrogen and oxygen atoms in total. The second-order valence-electron chi connectivity index (χ2n) is 4.85. The van der Waals surface area contributed by atoms with Gasteiger partial charge >= 0.3 is 17.9 Å². The van der Waals surface area contributed by atoms with Crippen molar-refractivity contribution in [2.75, 3.05) is 6.61 Å². The lowest BCUT2D eigenvalue weighted by molar-refractivity contribution is -0.393. The number of nitrogens with one attached hydrogen (secondary N) is 1. The fourth-order valence-corrected chi connectivity index (χ4v) is 2.34. The molecule has 23 heavy (non-hydrogen) atoms. The fraction of sp³-hybridized carbons (Fsp3) is 0.583. The molecule has 11 heteroatoms. The Morgan fingerprint density at radius 1 is 1.39 bits per heavy atom. The summed E-state index contributed by atoms with van der Waals surface area (Å²) in [6.45, 7) is 1.82. The number of aliphatic hydroxyl groups is 1. The van der Waals surface area contributed by atoms with Crippen LogP contribution < -0.4 is 0 Å². The SMILES string of the molecule is CC(=O)O[C@H]1[C@H](OC(C)=O)[C@H](c2cnc([N+](=O)[O-])[nH]2)O[C@@H]1CO. The summed E-state index contributed by atoms with van der Waals surface area (Å²) in [5, 5.41) is 20.1. The Kier molecular flexibility index (Phi) is 4.91. The van der Waals surface area contributed by atoms with Crippen molar-refractivity contribution in [3.8, 4) is 0 Å². The van der Waals surface area contributed by atoms with Crippen LogP contribution in [0.3, 0.4) is 0 Å². The molecular formula is C12H15N3O8. The fourth-order valence-electron chi connectivity index (χ4n) is 2.34. The normalized spacial score (nSPS) is 26.7. The Hall–Kier alpha value is -2.53. The quantitative estimate of drug-likeness (QED) is 0.417. The zero-order chi connectivity index (χ0) is 17.1. The number of H-pyrrole nitrogens is 1. The van der Waals surface area contributed by atoms with Crippen molar-refractivity contribution in [3.63, 3.8) is 0 Å². The van der Waals surface area contributed by atoms with Gasteiger partial charge in [-0.2, -0.15) is 0 Å². The van der Waals surface area contributed by atoms with Crippen LogP contribution >= 0.6 is 0 Å². The van der Waals surface area contributed by atoms with E-state index in [0.29, 0.717) is 0 Å². The first kappa shape index (κ1) is 16.8. The topological polar surface area (TPSA) is 154 Å². The summed E-state index contributed by atoms with van der Waals surface area (Å²) >= 11 is 0. The summed E-state index contributed by atoms with van der Waals surface area (Å²) in [4.78, 5) is 38.5. The van der Waals surface area contributed by atoms with Crippen molar-refractivity contribution in [2.24, 2.45) is 0 Å². The predicted molar refractivity (Wildman–Crippen MR) is 71.0 cm³/mol. The summed E-state index contributed by atoms with van der Waals surface area (Å²) in [6.07, 6.45) is -2.91. The lowest BCUT2D eigenvalue weighted by atomic mass is 10.1. The van der Waals surface area contributed by atoms with Crippen LogP contribution in [0.4, 0.5) is 5.95 Å². The van der Waals surface area contributed by atoms with Gasteiger partial charge in [0.15, 0.2) is 18.3 Å². The molecule has 0 radical (unpaired) electrons. The van der Waals surface area contributed by atoms with Gasteiger partial charge in [-0.15, -0.1) is 0 Å². The maximum absolute atomic E-state index is 11.3. The molecular weight excluding hydrogens is 314 g/mol. The standard InChI is InChI=1S/C12H15N3O8/c1-5(17)21-10-8(4-16)23-9(11(10)22-6(2)18)7-3-13-12(14-7)15(19)20/h3,8-11,16H,4H2,1-2H3,(H,13,14)/t8-,9+,10-,11-/m1/s1. The Morgan fingerprint density at radius 3 is 2.48 bits per heavy atom. The number of hydrogen-bond acceptors (Lipinski definition) is 9. The molecule has 0 amide bonds. The highest BCUT2D eigenvalue weighted by molar-refractivity contribution is 5.67. The molecule has 2 heterocycles. The molecule has 0 bridgehead atoms. The Bertz CT molecular complexity index is 615. The van der Waals surface area contributed by atoms with Gasteiger partial charge in [0.1, 0.15) is 18.0 Å². The van der Waals surface area contributed by atoms with E-state index >= 15 is 0 Å². The van der Waals surface area contributed by atoms with Crippen molar-refractivity contribution in [1.29, 1.82) is 0 Å². The summed E-state index contributed by atoms with van der Waals surface area (Å²) in [7, 11) is 0. The predicted octanol–water partition coefficient (Wildman–Crippen LogP) is -0.387. The van der Waals surface area contributed by atoms with Gasteiger partial charge in [-0.05, 0) is 4.92 Å². The summed E-state index contributed by atoms with van der Waals surface area (Å²) < 4.78 is 15.7. The number of aromatic amines is 1. The Labute approximate surface area is 129 Å². The monoisotopic (exact) mass is 329 g/mol. The Morgan fingerprint density at radius 2 is 2.00 bits per heavy atom. The van der Waals surface area contributed by atoms with Gasteiger partial charge in [0, 0.05) is 13.8 Å². The van der Waals surface area contributed by atoms with E-state index in [1.165, 1.54) is 0 Å². The van der Waals surface area contributed by atoms with Gasteiger partial charge in [0.25, 0.3) is 0 Å². The van der Waals surface area contributed by atoms with Crippen LogP contribution in [-0.4, -0.2) is 56.9 Å². The molecule has 1 aromatic rings. The van der Waals surface area contributed by atoms with E-state index in [1.807, 2.05) is 0 Å². The largest absolute Gasteiger partial charge is 0.456 e. The number of aliphatic hydroxyl groups excluding tert-OH is 1. The molecule has 2 N–H and O–H groups in total. The Balaban J connectivity index is 2.33. The summed E-state index contributed by atoms with van der Waals surface area (Å²) in [5.41, 5.74) is 0.163. The number of nitro groups is 1. The number of nitrogens with zero attached hydrogens (tertiary/aromatic N) is 2. The molecule has 2 rings (SSSR count). The van der Waals surface area contributed by atoms with E-state index < -0.39 is 53.8 Å². The number of carbonyl (C=O) groups excluding carboxylic acids is 2. The van der Waals surface area contributed by atoms with Crippen LogP contribution in [0.25, 0.3) is 0 Å². The number of esters is 2. The molecule has 0 unspecified atom stereocenters. The molecule has 0 aliphatic carbocycles. The van der Waals surface area contributed by atoms with Crippen LogP contribution in [0.5, 0.6) is 0 Å². The average molecular weight is 329 g/mol. The molecule has 1 aromatic heterocycles. The maximum Gasteiger partial charge on any atom is 0.432 e. The first-order valence-corrected chi connectivity index (χ1v) is 6.63. The zero-order valence-corrected chi connectivity index (χ0v) is 12.3. The average Bonchev–Trinajstić information content (AvgIpc) is 3.04. The van der Waals surface area contributed by atoms with Crippen molar-refractivity contribution in [3.05, 3.63) is 22.0 Å². The van der Waals surface area contributed by atoms with E-state index in [9.17, 15) is 24.8 Å². The van der Waals surface area contributed by atoms with Gasteiger partial charge < -0.3 is 29.4 Å². The number of carbonyl (C=O) groups is 2. The van der Waals surface area contributed by atoms with Crippen molar-refractivity contribution in [2.45, 2.75) is 38.3 Å². The zero-order valence-electron chi connectivity index (χ0n) is 12.3. The minimum Gasteiger partial charge on any atom is -0.456 e. The van der Waals surface area contributed by atoms with Crippen molar-refractivity contribution >= 4 is 17.9 Å². The van der Waals surface area contributed by atoms with E-state index in [-0.39, 0.29) is 5.69 Å². The highest BCUT2D eigenvalue weighted by Gasteiger charge is 2.51. The third-order valence-electron chi connectivity index (χ3n) is 3.16. The third-order valence-corrected chi connectivity index (χ3v) is 3.16. The lowest BCUT2D eigenvalue weighted by Gasteiger charge is -2.22. The molecule has 1 aliphatic heterocycles. The number of imidazole rings is 1. The maximum atomic E-state index is 11.3. The third kappa shape index (κ3) is 3.63. The lowest BCUT2D eigenvalue weighted by Crippen LogP contribution is -2.39. The van der Waals surface area contributed by atoms with Crippen LogP contribution in [-0.2, 0) is 23.8 Å². The molecule has 0 spiro atoms. The number of hydrogen-bond donors (Lipinski definition) is 2. The molecule has 0 saturated carbocycles. The summed E-state index contributed by atoms with van der Waals surface area (Å²) in [5.74, 6) is -1.82. The highest BCUT2D eigenvalue weighted by atomic mass is 16.6. The smallest absolute Gasteiger partial charge is 0.432 e. The van der Waals surface area contributed by atoms with Crippen molar-refractivity contribution < 1.29 is 33.8 Å². The van der Waals surface area contributed by atoms with Crippen LogP contribution in [0.1, 0.15) is 25.6 Å². The van der Waals surface area contributed by atoms with E-state index in [2.05, 4.69) is 9.97 Å². The van der Waals surface area contributed by atoms with Gasteiger partial charge in [0.05, 0.1) is 6.61 Å². The van der Waals surface area contributed by atoms with Gasteiger partial charge in [-0.1, -0.05) is 4.98 Å². The van der Waals surface area contributed by atoms with Crippen LogP contribution in [0, 0.1) is 10.1 Å². The van der Waals surface area contributed by atoms with E-state index in [0.717, 1.165) is 20.0 Å². The van der Waals surface area contributed by atoms with Gasteiger partial charge in [-0.3, -0.25) is 9.59 Å². The van der Waals surface area contributed by atoms with Crippen LogP contribution in [0.2, 0.25) is 0 Å². The minimum atomic E-state index is -1.08. The van der Waals surface area contributed by atoms with Gasteiger partial charge in [-0.25, -0.2) is 4.98 Å². The number of ether oxygens (including phenoxy) is 3. The minimum absolute atomic E-state index is 0.163. The number of rotatable bonds is 5. The number of aromatic nitrogens is 2.